The Hall–Kier alpha value is -2.23. The molecule has 1 aliphatic rings. The Labute approximate surface area is 117 Å². The number of hydrogen-bond donors (Lipinski definition) is 2. The lowest BCUT2D eigenvalue weighted by Gasteiger charge is -2.14. The molecule has 1 aliphatic carbocycles. The highest BCUT2D eigenvalue weighted by Gasteiger charge is 2.30. The van der Waals surface area contributed by atoms with E-state index in [0.29, 0.717) is 5.92 Å². The van der Waals surface area contributed by atoms with Crippen molar-refractivity contribution in [1.82, 2.24) is 4.98 Å². The summed E-state index contributed by atoms with van der Waals surface area (Å²) in [6.07, 6.45) is 2.14. The molecule has 0 unspecified atom stereocenters. The number of anilines is 1. The molecule has 0 amide bonds. The third-order valence-corrected chi connectivity index (χ3v) is 3.72. The average Bonchev–Trinajstić information content (AvgIpc) is 3.22. The van der Waals surface area contributed by atoms with Crippen LogP contribution >= 0.6 is 0 Å². The van der Waals surface area contributed by atoms with Crippen LogP contribution in [0, 0.1) is 0 Å². The molecule has 1 aromatic carbocycles. The summed E-state index contributed by atoms with van der Waals surface area (Å²) in [7, 11) is 3.97. The van der Waals surface area contributed by atoms with E-state index in [4.69, 9.17) is 0 Å². The van der Waals surface area contributed by atoms with Gasteiger partial charge in [-0.25, -0.2) is 0 Å². The molecule has 4 heteroatoms. The predicted octanol–water partition coefficient (Wildman–Crippen LogP) is 2.69. The lowest BCUT2D eigenvalue weighted by atomic mass is 10.0. The van der Waals surface area contributed by atoms with Crippen LogP contribution in [0.15, 0.2) is 35.1 Å². The molecule has 4 nitrogen and oxygen atoms in total. The van der Waals surface area contributed by atoms with E-state index < -0.39 is 0 Å². The van der Waals surface area contributed by atoms with Gasteiger partial charge >= 0.3 is 0 Å². The second-order valence-electron chi connectivity index (χ2n) is 5.52. The summed E-state index contributed by atoms with van der Waals surface area (Å²) in [6.45, 7) is 0. The van der Waals surface area contributed by atoms with E-state index in [-0.39, 0.29) is 11.3 Å². The Morgan fingerprint density at radius 2 is 1.85 bits per heavy atom. The zero-order chi connectivity index (χ0) is 14.3. The van der Waals surface area contributed by atoms with Crippen LogP contribution in [0.1, 0.15) is 24.3 Å². The number of benzene rings is 1. The van der Waals surface area contributed by atoms with Gasteiger partial charge in [0.15, 0.2) is 0 Å². The number of pyridine rings is 1. The van der Waals surface area contributed by atoms with Crippen molar-refractivity contribution in [3.8, 4) is 17.0 Å². The number of rotatable bonds is 3. The smallest absolute Gasteiger partial charge is 0.252 e. The summed E-state index contributed by atoms with van der Waals surface area (Å²) in [5.41, 5.74) is 3.40. The van der Waals surface area contributed by atoms with E-state index in [1.165, 1.54) is 6.07 Å². The fourth-order valence-corrected chi connectivity index (χ4v) is 2.50. The molecule has 0 atom stereocenters. The van der Waals surface area contributed by atoms with Crippen molar-refractivity contribution < 1.29 is 5.11 Å². The van der Waals surface area contributed by atoms with Crippen LogP contribution in [-0.4, -0.2) is 24.2 Å². The molecular weight excluding hydrogens is 252 g/mol. The summed E-state index contributed by atoms with van der Waals surface area (Å²) in [4.78, 5) is 16.5. The van der Waals surface area contributed by atoms with Crippen LogP contribution in [0.3, 0.4) is 0 Å². The SMILES string of the molecule is CN(C)c1ccc(-c2[nH]c(=O)cc(O)c2C2CC2)cc1. The minimum Gasteiger partial charge on any atom is -0.507 e. The second-order valence-corrected chi connectivity index (χ2v) is 5.52. The number of H-pyrrole nitrogens is 1. The average molecular weight is 270 g/mol. The molecule has 0 saturated heterocycles. The predicted molar refractivity (Wildman–Crippen MR) is 80.5 cm³/mol. The van der Waals surface area contributed by atoms with Crippen molar-refractivity contribution >= 4 is 5.69 Å². The largest absolute Gasteiger partial charge is 0.507 e. The van der Waals surface area contributed by atoms with E-state index in [0.717, 1.165) is 35.3 Å². The van der Waals surface area contributed by atoms with Gasteiger partial charge in [0.05, 0.1) is 5.69 Å². The van der Waals surface area contributed by atoms with Crippen LogP contribution < -0.4 is 10.5 Å². The number of aromatic amines is 1. The molecule has 0 radical (unpaired) electrons. The maximum Gasteiger partial charge on any atom is 0.252 e. The number of hydrogen-bond acceptors (Lipinski definition) is 3. The minimum absolute atomic E-state index is 0.114. The Balaban J connectivity index is 2.11. The Bertz CT molecular complexity index is 683. The molecule has 104 valence electrons. The molecule has 2 aromatic rings. The fourth-order valence-electron chi connectivity index (χ4n) is 2.50. The van der Waals surface area contributed by atoms with Crippen molar-refractivity contribution in [3.05, 3.63) is 46.2 Å². The van der Waals surface area contributed by atoms with Gasteiger partial charge in [-0.05, 0) is 36.5 Å². The molecule has 1 heterocycles. The molecule has 1 saturated carbocycles. The quantitative estimate of drug-likeness (QED) is 0.901. The summed E-state index contributed by atoms with van der Waals surface area (Å²) >= 11 is 0. The maximum absolute atomic E-state index is 11.6. The molecule has 2 N–H and O–H groups in total. The summed E-state index contributed by atoms with van der Waals surface area (Å²) in [5, 5.41) is 10.1. The highest BCUT2D eigenvalue weighted by atomic mass is 16.3. The van der Waals surface area contributed by atoms with Gasteiger partial charge in [0.2, 0.25) is 0 Å². The van der Waals surface area contributed by atoms with Gasteiger partial charge in [0, 0.05) is 31.4 Å². The summed E-state index contributed by atoms with van der Waals surface area (Å²) < 4.78 is 0. The van der Waals surface area contributed by atoms with Crippen molar-refractivity contribution in [3.63, 3.8) is 0 Å². The molecule has 3 rings (SSSR count). The van der Waals surface area contributed by atoms with Gasteiger partial charge in [0.1, 0.15) is 5.75 Å². The first-order valence-corrected chi connectivity index (χ1v) is 6.80. The highest BCUT2D eigenvalue weighted by molar-refractivity contribution is 5.69. The molecule has 1 fully saturated rings. The molecule has 0 aliphatic heterocycles. The van der Waals surface area contributed by atoms with Crippen molar-refractivity contribution in [1.29, 1.82) is 0 Å². The van der Waals surface area contributed by atoms with Crippen LogP contribution in [0.5, 0.6) is 5.75 Å². The lowest BCUT2D eigenvalue weighted by molar-refractivity contribution is 0.467. The topological polar surface area (TPSA) is 56.3 Å². The zero-order valence-electron chi connectivity index (χ0n) is 11.7. The monoisotopic (exact) mass is 270 g/mol. The van der Waals surface area contributed by atoms with Crippen LogP contribution in [0.2, 0.25) is 0 Å². The Morgan fingerprint density at radius 3 is 2.40 bits per heavy atom. The highest BCUT2D eigenvalue weighted by Crippen LogP contribution is 2.47. The van der Waals surface area contributed by atoms with Gasteiger partial charge < -0.3 is 15.0 Å². The third-order valence-electron chi connectivity index (χ3n) is 3.72. The number of aromatic hydroxyl groups is 1. The first-order chi connectivity index (χ1) is 9.56. The molecule has 20 heavy (non-hydrogen) atoms. The third kappa shape index (κ3) is 2.29. The first-order valence-electron chi connectivity index (χ1n) is 6.80. The van der Waals surface area contributed by atoms with E-state index in [9.17, 15) is 9.90 Å². The van der Waals surface area contributed by atoms with E-state index in [1.54, 1.807) is 0 Å². The Morgan fingerprint density at radius 1 is 1.20 bits per heavy atom. The van der Waals surface area contributed by atoms with Gasteiger partial charge in [-0.3, -0.25) is 4.79 Å². The zero-order valence-corrected chi connectivity index (χ0v) is 11.7. The van der Waals surface area contributed by atoms with Gasteiger partial charge in [-0.2, -0.15) is 0 Å². The number of aromatic nitrogens is 1. The van der Waals surface area contributed by atoms with Crippen molar-refractivity contribution in [2.24, 2.45) is 0 Å². The van der Waals surface area contributed by atoms with Crippen LogP contribution in [0.4, 0.5) is 5.69 Å². The summed E-state index contributed by atoms with van der Waals surface area (Å²) in [6, 6.07) is 9.24. The maximum atomic E-state index is 11.6. The van der Waals surface area contributed by atoms with Crippen molar-refractivity contribution in [2.45, 2.75) is 18.8 Å². The van der Waals surface area contributed by atoms with Crippen molar-refractivity contribution in [2.75, 3.05) is 19.0 Å². The number of nitrogens with one attached hydrogen (secondary N) is 1. The molecule has 0 bridgehead atoms. The van der Waals surface area contributed by atoms with E-state index in [2.05, 4.69) is 4.98 Å². The van der Waals surface area contributed by atoms with E-state index >= 15 is 0 Å². The standard InChI is InChI=1S/C16H18N2O2/c1-18(2)12-7-5-11(6-8-12)16-15(10-3-4-10)13(19)9-14(20)17-16/h5-10H,3-4H2,1-2H3,(H2,17,19,20). The normalized spacial score (nSPS) is 14.3. The lowest BCUT2D eigenvalue weighted by Crippen LogP contribution is -2.09. The minimum atomic E-state index is -0.265. The molecule has 0 spiro atoms. The molecular formula is C16H18N2O2. The van der Waals surface area contributed by atoms with Crippen LogP contribution in [0.25, 0.3) is 11.3 Å². The molecule has 1 aromatic heterocycles. The summed E-state index contributed by atoms with van der Waals surface area (Å²) in [5.74, 6) is 0.485. The number of nitrogens with zero attached hydrogens (tertiary/aromatic N) is 1. The second kappa shape index (κ2) is 4.71. The first kappa shape index (κ1) is 12.8. The van der Waals surface area contributed by atoms with Gasteiger partial charge in [-0.15, -0.1) is 0 Å². The Kier molecular flexibility index (Phi) is 3.01. The van der Waals surface area contributed by atoms with Crippen LogP contribution in [-0.2, 0) is 0 Å². The van der Waals surface area contributed by atoms with Gasteiger partial charge in [0.25, 0.3) is 5.56 Å². The van der Waals surface area contributed by atoms with E-state index in [1.807, 2.05) is 43.3 Å². The fraction of sp³-hybridized carbons (Fsp3) is 0.312. The van der Waals surface area contributed by atoms with Gasteiger partial charge in [-0.1, -0.05) is 12.1 Å².